The van der Waals surface area contributed by atoms with Gasteiger partial charge in [0.05, 0.1) is 5.60 Å². The van der Waals surface area contributed by atoms with Crippen molar-refractivity contribution in [1.29, 1.82) is 5.41 Å². The van der Waals surface area contributed by atoms with E-state index in [-0.39, 0.29) is 5.84 Å². The van der Waals surface area contributed by atoms with Gasteiger partial charge in [0.15, 0.2) is 0 Å². The van der Waals surface area contributed by atoms with Crippen molar-refractivity contribution in [2.75, 3.05) is 18.0 Å². The van der Waals surface area contributed by atoms with E-state index in [9.17, 15) is 5.11 Å². The maximum atomic E-state index is 10.7. The van der Waals surface area contributed by atoms with Crippen LogP contribution in [0.3, 0.4) is 0 Å². The van der Waals surface area contributed by atoms with Gasteiger partial charge in [0.2, 0.25) is 0 Å². The van der Waals surface area contributed by atoms with Gasteiger partial charge in [-0.1, -0.05) is 12.8 Å². The Morgan fingerprint density at radius 3 is 2.90 bits per heavy atom. The number of hydrogen-bond acceptors (Lipinski definition) is 3. The zero-order chi connectivity index (χ0) is 15.0. The third kappa shape index (κ3) is 2.81. The highest BCUT2D eigenvalue weighted by Gasteiger charge is 2.42. The molecule has 1 aliphatic carbocycles. The Bertz CT molecular complexity index is 562. The van der Waals surface area contributed by atoms with Crippen LogP contribution in [0.4, 0.5) is 5.69 Å². The number of nitrogens with one attached hydrogen (secondary N) is 1. The number of nitrogens with two attached hydrogens (primary N) is 1. The van der Waals surface area contributed by atoms with E-state index in [2.05, 4.69) is 20.8 Å². The molecule has 1 heterocycles. The van der Waals surface area contributed by atoms with Crippen molar-refractivity contribution in [1.82, 2.24) is 0 Å². The molecule has 0 bridgehead atoms. The zero-order valence-corrected chi connectivity index (χ0v) is 13.7. The lowest BCUT2D eigenvalue weighted by atomic mass is 9.71. The van der Waals surface area contributed by atoms with E-state index in [1.165, 1.54) is 6.42 Å². The molecule has 2 aliphatic rings. The van der Waals surface area contributed by atoms with Crippen LogP contribution in [0.15, 0.2) is 22.7 Å². The third-order valence-electron chi connectivity index (χ3n) is 5.04. The van der Waals surface area contributed by atoms with Crippen molar-refractivity contribution in [2.24, 2.45) is 11.7 Å². The summed E-state index contributed by atoms with van der Waals surface area (Å²) in [6.07, 6.45) is 5.32. The van der Waals surface area contributed by atoms with Gasteiger partial charge in [0.25, 0.3) is 0 Å². The highest BCUT2D eigenvalue weighted by molar-refractivity contribution is 9.10. The van der Waals surface area contributed by atoms with E-state index in [0.717, 1.165) is 54.5 Å². The van der Waals surface area contributed by atoms with Gasteiger partial charge < -0.3 is 15.7 Å². The van der Waals surface area contributed by atoms with Gasteiger partial charge in [0.1, 0.15) is 5.84 Å². The van der Waals surface area contributed by atoms with Gasteiger partial charge in [-0.25, -0.2) is 0 Å². The van der Waals surface area contributed by atoms with Crippen molar-refractivity contribution in [3.63, 3.8) is 0 Å². The van der Waals surface area contributed by atoms with E-state index >= 15 is 0 Å². The molecule has 21 heavy (non-hydrogen) atoms. The van der Waals surface area contributed by atoms with Crippen LogP contribution in [0.2, 0.25) is 0 Å². The lowest BCUT2D eigenvalue weighted by Gasteiger charge is -2.48. The molecule has 4 nitrogen and oxygen atoms in total. The molecule has 2 unspecified atom stereocenters. The number of nitrogen functional groups attached to an aromatic ring is 1. The minimum absolute atomic E-state index is 0.0775. The SMILES string of the molecule is N=C(N)c1ccc(N2CCC3(O)CCCCC3C2)cc1Br. The van der Waals surface area contributed by atoms with Gasteiger partial charge in [-0.15, -0.1) is 0 Å². The Morgan fingerprint density at radius 2 is 2.19 bits per heavy atom. The molecular weight excluding hydrogens is 330 g/mol. The molecule has 2 atom stereocenters. The summed E-state index contributed by atoms with van der Waals surface area (Å²) in [5.74, 6) is 0.458. The Morgan fingerprint density at radius 1 is 1.38 bits per heavy atom. The predicted octanol–water partition coefficient (Wildman–Crippen LogP) is 2.86. The number of piperidine rings is 1. The van der Waals surface area contributed by atoms with E-state index in [0.29, 0.717) is 5.92 Å². The summed E-state index contributed by atoms with van der Waals surface area (Å²) < 4.78 is 0.858. The molecular formula is C16H22BrN3O. The lowest BCUT2D eigenvalue weighted by Crippen LogP contribution is -2.53. The topological polar surface area (TPSA) is 73.3 Å². The van der Waals surface area contributed by atoms with Crippen LogP contribution in [0, 0.1) is 11.3 Å². The first-order chi connectivity index (χ1) is 9.99. The first kappa shape index (κ1) is 14.9. The Kier molecular flexibility index (Phi) is 3.97. The average molecular weight is 352 g/mol. The number of anilines is 1. The van der Waals surface area contributed by atoms with Crippen LogP contribution < -0.4 is 10.6 Å². The van der Waals surface area contributed by atoms with Crippen LogP contribution in [0.25, 0.3) is 0 Å². The predicted molar refractivity (Wildman–Crippen MR) is 88.9 cm³/mol. The highest BCUT2D eigenvalue weighted by atomic mass is 79.9. The molecule has 1 aromatic rings. The molecule has 0 radical (unpaired) electrons. The van der Waals surface area contributed by atoms with Crippen molar-refractivity contribution in [3.8, 4) is 0 Å². The Balaban J connectivity index is 1.79. The lowest BCUT2D eigenvalue weighted by molar-refractivity contribution is -0.0612. The number of fused-ring (bicyclic) bond motifs is 1. The fraction of sp³-hybridized carbons (Fsp3) is 0.562. The molecule has 0 amide bonds. The first-order valence-electron chi connectivity index (χ1n) is 7.61. The maximum absolute atomic E-state index is 10.7. The number of rotatable bonds is 2. The minimum atomic E-state index is -0.439. The highest BCUT2D eigenvalue weighted by Crippen LogP contribution is 2.41. The number of benzene rings is 1. The van der Waals surface area contributed by atoms with E-state index < -0.39 is 5.60 Å². The zero-order valence-electron chi connectivity index (χ0n) is 12.1. The Labute approximate surface area is 134 Å². The standard InChI is InChI=1S/C16H22BrN3O/c17-14-9-12(4-5-13(14)15(18)19)20-8-7-16(21)6-2-1-3-11(16)10-20/h4-5,9,11,21H,1-3,6-8,10H2,(H3,18,19). The minimum Gasteiger partial charge on any atom is -0.389 e. The number of hydrogen-bond donors (Lipinski definition) is 3. The number of amidine groups is 1. The van der Waals surface area contributed by atoms with E-state index in [4.69, 9.17) is 11.1 Å². The van der Waals surface area contributed by atoms with Gasteiger partial charge in [0, 0.05) is 34.7 Å². The molecule has 5 heteroatoms. The number of halogens is 1. The molecule has 0 aromatic heterocycles. The molecule has 1 aromatic carbocycles. The number of aliphatic hydroxyl groups is 1. The van der Waals surface area contributed by atoms with Gasteiger partial charge in [-0.05, 0) is 53.4 Å². The largest absolute Gasteiger partial charge is 0.389 e. The Hall–Kier alpha value is -1.07. The second kappa shape index (κ2) is 5.61. The fourth-order valence-corrected chi connectivity index (χ4v) is 4.30. The molecule has 0 spiro atoms. The van der Waals surface area contributed by atoms with Crippen LogP contribution >= 0.6 is 15.9 Å². The van der Waals surface area contributed by atoms with Crippen LogP contribution in [-0.2, 0) is 0 Å². The fourth-order valence-electron chi connectivity index (χ4n) is 3.72. The van der Waals surface area contributed by atoms with Crippen LogP contribution in [0.1, 0.15) is 37.7 Å². The van der Waals surface area contributed by atoms with Crippen molar-refractivity contribution < 1.29 is 5.11 Å². The van der Waals surface area contributed by atoms with Gasteiger partial charge >= 0.3 is 0 Å². The first-order valence-corrected chi connectivity index (χ1v) is 8.40. The molecule has 1 saturated heterocycles. The summed E-state index contributed by atoms with van der Waals surface area (Å²) >= 11 is 3.50. The number of nitrogens with zero attached hydrogens (tertiary/aromatic N) is 1. The van der Waals surface area contributed by atoms with Crippen molar-refractivity contribution >= 4 is 27.5 Å². The van der Waals surface area contributed by atoms with Crippen molar-refractivity contribution in [3.05, 3.63) is 28.2 Å². The van der Waals surface area contributed by atoms with E-state index in [1.807, 2.05) is 18.2 Å². The molecule has 1 saturated carbocycles. The molecule has 3 rings (SSSR count). The van der Waals surface area contributed by atoms with Gasteiger partial charge in [-0.2, -0.15) is 0 Å². The average Bonchev–Trinajstić information content (AvgIpc) is 2.45. The maximum Gasteiger partial charge on any atom is 0.123 e. The van der Waals surface area contributed by atoms with Crippen LogP contribution in [0.5, 0.6) is 0 Å². The molecule has 114 valence electrons. The van der Waals surface area contributed by atoms with Crippen LogP contribution in [-0.4, -0.2) is 29.6 Å². The molecule has 4 N–H and O–H groups in total. The normalized spacial score (nSPS) is 29.0. The monoisotopic (exact) mass is 351 g/mol. The van der Waals surface area contributed by atoms with E-state index in [1.54, 1.807) is 0 Å². The van der Waals surface area contributed by atoms with Gasteiger partial charge in [-0.3, -0.25) is 5.41 Å². The second-order valence-electron chi connectivity index (χ2n) is 6.32. The summed E-state index contributed by atoms with van der Waals surface area (Å²) in [6.45, 7) is 1.81. The summed E-state index contributed by atoms with van der Waals surface area (Å²) in [5.41, 5.74) is 6.98. The second-order valence-corrected chi connectivity index (χ2v) is 7.17. The quantitative estimate of drug-likeness (QED) is 0.566. The summed E-state index contributed by atoms with van der Waals surface area (Å²) in [6, 6.07) is 5.95. The molecule has 1 aliphatic heterocycles. The molecule has 2 fully saturated rings. The summed E-state index contributed by atoms with van der Waals surface area (Å²) in [7, 11) is 0. The summed E-state index contributed by atoms with van der Waals surface area (Å²) in [5, 5.41) is 18.3. The third-order valence-corrected chi connectivity index (χ3v) is 5.69. The van der Waals surface area contributed by atoms with Crippen molar-refractivity contribution in [2.45, 2.75) is 37.7 Å². The summed E-state index contributed by atoms with van der Waals surface area (Å²) in [4.78, 5) is 2.35. The smallest absolute Gasteiger partial charge is 0.123 e.